The Morgan fingerprint density at radius 3 is 2.35 bits per heavy atom. The Bertz CT molecular complexity index is 478. The summed E-state index contributed by atoms with van der Waals surface area (Å²) in [7, 11) is 2.17. The molecule has 0 amide bonds. The summed E-state index contributed by atoms with van der Waals surface area (Å²) in [6.07, 6.45) is 2.51. The van der Waals surface area contributed by atoms with Gasteiger partial charge >= 0.3 is 5.97 Å². The summed E-state index contributed by atoms with van der Waals surface area (Å²) in [5, 5.41) is 8.91. The van der Waals surface area contributed by atoms with Crippen molar-refractivity contribution < 1.29 is 9.90 Å². The Balaban J connectivity index is 2.01. The van der Waals surface area contributed by atoms with Crippen LogP contribution in [0.2, 0.25) is 0 Å². The highest BCUT2D eigenvalue weighted by Gasteiger charge is 2.38. The van der Waals surface area contributed by atoms with Gasteiger partial charge in [0.1, 0.15) is 0 Å². The lowest BCUT2D eigenvalue weighted by Gasteiger charge is -2.28. The number of nitrogens with zero attached hydrogens (tertiary/aromatic N) is 1. The van der Waals surface area contributed by atoms with Crippen molar-refractivity contribution >= 4 is 5.97 Å². The fourth-order valence-electron chi connectivity index (χ4n) is 3.61. The van der Waals surface area contributed by atoms with Crippen LogP contribution < -0.4 is 0 Å². The van der Waals surface area contributed by atoms with Gasteiger partial charge < -0.3 is 5.11 Å². The summed E-state index contributed by atoms with van der Waals surface area (Å²) in [5.74, 6) is -0.149. The van der Waals surface area contributed by atoms with E-state index in [0.29, 0.717) is 22.9 Å². The second-order valence-electron chi connectivity index (χ2n) is 7.03. The topological polar surface area (TPSA) is 40.5 Å². The first-order chi connectivity index (χ1) is 9.28. The van der Waals surface area contributed by atoms with Crippen molar-refractivity contribution in [1.29, 1.82) is 0 Å². The van der Waals surface area contributed by atoms with E-state index in [9.17, 15) is 4.79 Å². The van der Waals surface area contributed by atoms with Crippen LogP contribution in [0.5, 0.6) is 0 Å². The van der Waals surface area contributed by atoms with Gasteiger partial charge in [0.2, 0.25) is 0 Å². The molecule has 1 saturated carbocycles. The van der Waals surface area contributed by atoms with Gasteiger partial charge in [0.15, 0.2) is 0 Å². The van der Waals surface area contributed by atoms with Crippen LogP contribution in [0.25, 0.3) is 0 Å². The maximum Gasteiger partial charge on any atom is 0.335 e. The lowest BCUT2D eigenvalue weighted by atomic mass is 9.91. The van der Waals surface area contributed by atoms with Crippen LogP contribution in [-0.4, -0.2) is 29.1 Å². The maximum absolute atomic E-state index is 10.8. The lowest BCUT2D eigenvalue weighted by Crippen LogP contribution is -2.33. The minimum absolute atomic E-state index is 0.353. The fraction of sp³-hybridized carbons (Fsp3) is 0.588. The number of hydrogen-bond acceptors (Lipinski definition) is 2. The van der Waals surface area contributed by atoms with E-state index < -0.39 is 5.97 Å². The molecule has 3 nitrogen and oxygen atoms in total. The van der Waals surface area contributed by atoms with Crippen molar-refractivity contribution in [2.45, 2.75) is 46.2 Å². The Morgan fingerprint density at radius 1 is 1.30 bits per heavy atom. The van der Waals surface area contributed by atoms with Crippen molar-refractivity contribution in [3.05, 3.63) is 35.4 Å². The highest BCUT2D eigenvalue weighted by molar-refractivity contribution is 5.87. The molecule has 0 saturated heterocycles. The standard InChI is InChI=1S/C17H25NO2/c1-12-9-17(2,3)10-15(12)18(4)11-13-5-7-14(8-6-13)16(19)20/h5-8,12,15H,9-11H2,1-4H3,(H,19,20). The van der Waals surface area contributed by atoms with Gasteiger partial charge in [0.25, 0.3) is 0 Å². The molecule has 0 aliphatic heterocycles. The van der Waals surface area contributed by atoms with Crippen molar-refractivity contribution in [3.63, 3.8) is 0 Å². The molecule has 1 N–H and O–H groups in total. The molecule has 0 radical (unpaired) electrons. The molecule has 3 heteroatoms. The summed E-state index contributed by atoms with van der Waals surface area (Å²) in [6.45, 7) is 7.91. The minimum Gasteiger partial charge on any atom is -0.478 e. The largest absolute Gasteiger partial charge is 0.478 e. The van der Waals surface area contributed by atoms with Crippen LogP contribution in [0.3, 0.4) is 0 Å². The zero-order chi connectivity index (χ0) is 14.9. The van der Waals surface area contributed by atoms with Crippen molar-refractivity contribution in [2.75, 3.05) is 7.05 Å². The molecular weight excluding hydrogens is 250 g/mol. The van der Waals surface area contributed by atoms with Crippen LogP contribution in [0.15, 0.2) is 24.3 Å². The lowest BCUT2D eigenvalue weighted by molar-refractivity contribution is 0.0697. The first-order valence-corrected chi connectivity index (χ1v) is 7.31. The van der Waals surface area contributed by atoms with E-state index in [-0.39, 0.29) is 0 Å². The van der Waals surface area contributed by atoms with E-state index in [1.165, 1.54) is 18.4 Å². The van der Waals surface area contributed by atoms with Crippen LogP contribution >= 0.6 is 0 Å². The van der Waals surface area contributed by atoms with Gasteiger partial charge in [0.05, 0.1) is 5.56 Å². The van der Waals surface area contributed by atoms with Crippen LogP contribution in [-0.2, 0) is 6.54 Å². The van der Waals surface area contributed by atoms with Gasteiger partial charge in [-0.15, -0.1) is 0 Å². The monoisotopic (exact) mass is 275 g/mol. The summed E-state index contributed by atoms with van der Waals surface area (Å²) >= 11 is 0. The first-order valence-electron chi connectivity index (χ1n) is 7.31. The van der Waals surface area contributed by atoms with Gasteiger partial charge in [-0.25, -0.2) is 4.79 Å². The van der Waals surface area contributed by atoms with E-state index in [1.54, 1.807) is 12.1 Å². The van der Waals surface area contributed by atoms with Crippen LogP contribution in [0, 0.1) is 11.3 Å². The number of hydrogen-bond donors (Lipinski definition) is 1. The number of carboxylic acids is 1. The molecule has 0 spiro atoms. The molecule has 1 fully saturated rings. The van der Waals surface area contributed by atoms with Gasteiger partial charge in [-0.3, -0.25) is 4.90 Å². The Labute approximate surface area is 121 Å². The molecule has 20 heavy (non-hydrogen) atoms. The number of carbonyl (C=O) groups is 1. The molecule has 0 heterocycles. The van der Waals surface area contributed by atoms with E-state index >= 15 is 0 Å². The highest BCUT2D eigenvalue weighted by atomic mass is 16.4. The quantitative estimate of drug-likeness (QED) is 0.912. The van der Waals surface area contributed by atoms with E-state index in [1.807, 2.05) is 12.1 Å². The smallest absolute Gasteiger partial charge is 0.335 e. The normalized spacial score (nSPS) is 25.1. The fourth-order valence-corrected chi connectivity index (χ4v) is 3.61. The van der Waals surface area contributed by atoms with Gasteiger partial charge in [0, 0.05) is 12.6 Å². The number of aromatic carboxylic acids is 1. The zero-order valence-corrected chi connectivity index (χ0v) is 12.9. The third-order valence-electron chi connectivity index (χ3n) is 4.49. The molecule has 2 rings (SSSR count). The summed E-state index contributed by atoms with van der Waals surface area (Å²) < 4.78 is 0. The molecule has 2 atom stereocenters. The van der Waals surface area contributed by atoms with Gasteiger partial charge in [-0.1, -0.05) is 32.9 Å². The molecule has 1 aliphatic carbocycles. The Kier molecular flexibility index (Phi) is 4.19. The number of carboxylic acid groups (broad SMARTS) is 1. The van der Waals surface area contributed by atoms with Gasteiger partial charge in [-0.05, 0) is 48.9 Å². The van der Waals surface area contributed by atoms with E-state index in [0.717, 1.165) is 6.54 Å². The molecule has 0 aromatic heterocycles. The maximum atomic E-state index is 10.8. The predicted molar refractivity (Wildman–Crippen MR) is 80.8 cm³/mol. The SMILES string of the molecule is CC1CC(C)(C)CC1N(C)Cc1ccc(C(=O)O)cc1. The zero-order valence-electron chi connectivity index (χ0n) is 12.9. The Hall–Kier alpha value is -1.35. The summed E-state index contributed by atoms with van der Waals surface area (Å²) in [5.41, 5.74) is 1.96. The minimum atomic E-state index is -0.865. The number of benzene rings is 1. The average Bonchev–Trinajstić information content (AvgIpc) is 2.63. The molecule has 110 valence electrons. The Morgan fingerprint density at radius 2 is 1.90 bits per heavy atom. The van der Waals surface area contributed by atoms with Crippen molar-refractivity contribution in [1.82, 2.24) is 4.90 Å². The first kappa shape index (κ1) is 15.0. The van der Waals surface area contributed by atoms with Crippen molar-refractivity contribution in [2.24, 2.45) is 11.3 Å². The molecular formula is C17H25NO2. The summed E-state index contributed by atoms with van der Waals surface area (Å²) in [6, 6.07) is 7.83. The van der Waals surface area contributed by atoms with E-state index in [4.69, 9.17) is 5.11 Å². The number of rotatable bonds is 4. The molecule has 1 aromatic rings. The second kappa shape index (κ2) is 5.57. The van der Waals surface area contributed by atoms with Crippen LogP contribution in [0.1, 0.15) is 49.5 Å². The molecule has 0 bridgehead atoms. The molecule has 1 aromatic carbocycles. The van der Waals surface area contributed by atoms with Crippen molar-refractivity contribution in [3.8, 4) is 0 Å². The van der Waals surface area contributed by atoms with Crippen LogP contribution in [0.4, 0.5) is 0 Å². The molecule has 2 unspecified atom stereocenters. The predicted octanol–water partition coefficient (Wildman–Crippen LogP) is 3.64. The van der Waals surface area contributed by atoms with Gasteiger partial charge in [-0.2, -0.15) is 0 Å². The second-order valence-corrected chi connectivity index (χ2v) is 7.03. The van der Waals surface area contributed by atoms with E-state index in [2.05, 4.69) is 32.7 Å². The average molecular weight is 275 g/mol. The third-order valence-corrected chi connectivity index (χ3v) is 4.49. The summed E-state index contributed by atoms with van der Waals surface area (Å²) in [4.78, 5) is 13.3. The highest BCUT2D eigenvalue weighted by Crippen LogP contribution is 2.43. The molecule has 1 aliphatic rings. The third kappa shape index (κ3) is 3.40.